The van der Waals surface area contributed by atoms with E-state index >= 15 is 0 Å². The van der Waals surface area contributed by atoms with Crippen LogP contribution in [0.3, 0.4) is 0 Å². The average Bonchev–Trinajstić information content (AvgIpc) is 2.82. The van der Waals surface area contributed by atoms with Crippen molar-refractivity contribution in [3.05, 3.63) is 16.6 Å². The second-order valence-electron chi connectivity index (χ2n) is 4.50. The van der Waals surface area contributed by atoms with Crippen molar-refractivity contribution < 1.29 is 13.2 Å². The van der Waals surface area contributed by atoms with Gasteiger partial charge in [0.25, 0.3) is 0 Å². The first kappa shape index (κ1) is 12.8. The van der Waals surface area contributed by atoms with Crippen LogP contribution >= 0.6 is 11.3 Å². The van der Waals surface area contributed by atoms with Crippen molar-refractivity contribution in [3.8, 4) is 0 Å². The Morgan fingerprint density at radius 3 is 2.94 bits per heavy atom. The first-order valence-electron chi connectivity index (χ1n) is 5.69. The normalized spacial score (nSPS) is 22.2. The molecular weight excluding hydrogens is 249 g/mol. The molecule has 2 nitrogen and oxygen atoms in total. The van der Waals surface area contributed by atoms with Gasteiger partial charge in [-0.2, -0.15) is 13.2 Å². The summed E-state index contributed by atoms with van der Waals surface area (Å²) in [6, 6.07) is 0. The lowest BCUT2D eigenvalue weighted by Crippen LogP contribution is -2.24. The fraction of sp³-hybridized carbons (Fsp3) is 0.727. The zero-order chi connectivity index (χ0) is 12.3. The first-order chi connectivity index (χ1) is 8.03. The molecule has 0 bridgehead atoms. The smallest absolute Gasteiger partial charge is 0.303 e. The van der Waals surface area contributed by atoms with Crippen LogP contribution in [-0.4, -0.2) is 35.7 Å². The molecule has 1 saturated heterocycles. The van der Waals surface area contributed by atoms with Gasteiger partial charge in [0.1, 0.15) is 0 Å². The summed E-state index contributed by atoms with van der Waals surface area (Å²) >= 11 is 1.55. The van der Waals surface area contributed by atoms with Crippen molar-refractivity contribution in [3.63, 3.8) is 0 Å². The molecule has 0 aliphatic carbocycles. The second kappa shape index (κ2) is 5.35. The van der Waals surface area contributed by atoms with Crippen molar-refractivity contribution in [2.45, 2.75) is 25.4 Å². The molecule has 96 valence electrons. The van der Waals surface area contributed by atoms with Gasteiger partial charge in [0.2, 0.25) is 0 Å². The zero-order valence-electron chi connectivity index (χ0n) is 9.41. The van der Waals surface area contributed by atoms with Crippen molar-refractivity contribution in [2.75, 3.05) is 19.6 Å². The summed E-state index contributed by atoms with van der Waals surface area (Å²) in [5, 5.41) is 1.99. The molecule has 1 unspecified atom stereocenters. The number of rotatable bonds is 4. The number of aromatic nitrogens is 1. The molecule has 1 atom stereocenters. The molecule has 1 aliphatic heterocycles. The largest absolute Gasteiger partial charge is 0.389 e. The Morgan fingerprint density at radius 2 is 2.29 bits per heavy atom. The van der Waals surface area contributed by atoms with Crippen LogP contribution in [0.15, 0.2) is 10.9 Å². The number of hydrogen-bond donors (Lipinski definition) is 0. The van der Waals surface area contributed by atoms with Gasteiger partial charge in [-0.25, -0.2) is 4.98 Å². The third kappa shape index (κ3) is 4.27. The predicted octanol–water partition coefficient (Wildman–Crippen LogP) is 2.96. The number of alkyl halides is 3. The maximum atomic E-state index is 12.2. The van der Waals surface area contributed by atoms with Crippen molar-refractivity contribution >= 4 is 11.3 Å². The molecule has 2 heterocycles. The lowest BCUT2D eigenvalue weighted by molar-refractivity contribution is -0.143. The minimum absolute atomic E-state index is 0.217. The van der Waals surface area contributed by atoms with Crippen LogP contribution in [0, 0.1) is 5.92 Å². The van der Waals surface area contributed by atoms with Crippen LogP contribution in [0.4, 0.5) is 13.2 Å². The highest BCUT2D eigenvalue weighted by Crippen LogP contribution is 2.30. The van der Waals surface area contributed by atoms with Crippen LogP contribution in [0.1, 0.15) is 18.5 Å². The monoisotopic (exact) mass is 264 g/mol. The van der Waals surface area contributed by atoms with Gasteiger partial charge in [-0.3, -0.25) is 0 Å². The summed E-state index contributed by atoms with van der Waals surface area (Å²) in [6.45, 7) is 2.17. The number of nitrogens with zero attached hydrogens (tertiary/aromatic N) is 2. The Labute approximate surface area is 102 Å². The summed E-state index contributed by atoms with van der Waals surface area (Å²) < 4.78 is 36.6. The van der Waals surface area contributed by atoms with Gasteiger partial charge in [0.15, 0.2) is 0 Å². The summed E-state index contributed by atoms with van der Waals surface area (Å²) in [5.41, 5.74) is 2.82. The molecular formula is C11H15F3N2S. The Balaban J connectivity index is 1.71. The van der Waals surface area contributed by atoms with Crippen LogP contribution in [-0.2, 0) is 6.42 Å². The predicted molar refractivity (Wildman–Crippen MR) is 61.0 cm³/mol. The van der Waals surface area contributed by atoms with Gasteiger partial charge < -0.3 is 4.90 Å². The van der Waals surface area contributed by atoms with Gasteiger partial charge in [0, 0.05) is 31.3 Å². The van der Waals surface area contributed by atoms with Gasteiger partial charge in [-0.15, -0.1) is 11.3 Å². The van der Waals surface area contributed by atoms with Crippen LogP contribution in [0.5, 0.6) is 0 Å². The summed E-state index contributed by atoms with van der Waals surface area (Å²) in [5.74, 6) is -0.217. The van der Waals surface area contributed by atoms with E-state index in [1.54, 1.807) is 16.8 Å². The molecule has 0 radical (unpaired) electrons. The van der Waals surface area contributed by atoms with E-state index in [1.807, 2.05) is 5.38 Å². The number of hydrogen-bond acceptors (Lipinski definition) is 3. The highest BCUT2D eigenvalue weighted by molar-refractivity contribution is 7.07. The molecule has 1 fully saturated rings. The van der Waals surface area contributed by atoms with Crippen LogP contribution in [0.25, 0.3) is 0 Å². The number of thiazole rings is 1. The molecule has 0 saturated carbocycles. The van der Waals surface area contributed by atoms with E-state index in [-0.39, 0.29) is 5.92 Å². The van der Waals surface area contributed by atoms with E-state index in [9.17, 15) is 13.2 Å². The van der Waals surface area contributed by atoms with E-state index in [1.165, 1.54) is 0 Å². The molecule has 1 aromatic rings. The highest BCUT2D eigenvalue weighted by atomic mass is 32.1. The maximum Gasteiger partial charge on any atom is 0.389 e. The van der Waals surface area contributed by atoms with Crippen LogP contribution in [0.2, 0.25) is 0 Å². The second-order valence-corrected chi connectivity index (χ2v) is 5.22. The van der Waals surface area contributed by atoms with Crippen molar-refractivity contribution in [1.82, 2.24) is 9.88 Å². The zero-order valence-corrected chi connectivity index (χ0v) is 10.2. The molecule has 17 heavy (non-hydrogen) atoms. The van der Waals surface area contributed by atoms with E-state index in [4.69, 9.17) is 0 Å². The fourth-order valence-electron chi connectivity index (χ4n) is 2.24. The standard InChI is InChI=1S/C11H15F3N2S/c12-11(13,14)5-9-1-3-16(6-9)4-2-10-7-17-8-15-10/h7-9H,1-6H2. The Hall–Kier alpha value is -0.620. The Bertz CT molecular complexity index is 337. The molecule has 0 N–H and O–H groups in total. The summed E-state index contributed by atoms with van der Waals surface area (Å²) in [4.78, 5) is 6.27. The number of likely N-dealkylation sites (tertiary alicyclic amines) is 1. The minimum Gasteiger partial charge on any atom is -0.303 e. The minimum atomic E-state index is -4.02. The van der Waals surface area contributed by atoms with Gasteiger partial charge in [-0.1, -0.05) is 0 Å². The van der Waals surface area contributed by atoms with Crippen molar-refractivity contribution in [1.29, 1.82) is 0 Å². The average molecular weight is 264 g/mol. The topological polar surface area (TPSA) is 16.1 Å². The third-order valence-corrected chi connectivity index (χ3v) is 3.69. The summed E-state index contributed by atoms with van der Waals surface area (Å²) in [7, 11) is 0. The van der Waals surface area contributed by atoms with Crippen molar-refractivity contribution in [2.24, 2.45) is 5.92 Å². The molecule has 0 aromatic carbocycles. The van der Waals surface area contributed by atoms with Gasteiger partial charge in [0.05, 0.1) is 11.2 Å². The Morgan fingerprint density at radius 1 is 1.47 bits per heavy atom. The molecule has 1 aromatic heterocycles. The lowest BCUT2D eigenvalue weighted by atomic mass is 10.1. The van der Waals surface area contributed by atoms with Gasteiger partial charge in [-0.05, 0) is 18.9 Å². The first-order valence-corrected chi connectivity index (χ1v) is 6.63. The summed E-state index contributed by atoms with van der Waals surface area (Å²) in [6.07, 6.45) is -3.16. The van der Waals surface area contributed by atoms with E-state index in [2.05, 4.69) is 9.88 Å². The molecule has 2 rings (SSSR count). The van der Waals surface area contributed by atoms with E-state index in [0.717, 1.165) is 25.2 Å². The molecule has 0 amide bonds. The third-order valence-electron chi connectivity index (χ3n) is 3.06. The van der Waals surface area contributed by atoms with Gasteiger partial charge >= 0.3 is 6.18 Å². The number of halogens is 3. The Kier molecular flexibility index (Phi) is 4.04. The quantitative estimate of drug-likeness (QED) is 0.831. The van der Waals surface area contributed by atoms with Crippen LogP contribution < -0.4 is 0 Å². The van der Waals surface area contributed by atoms with E-state index in [0.29, 0.717) is 13.0 Å². The highest BCUT2D eigenvalue weighted by Gasteiger charge is 2.34. The lowest BCUT2D eigenvalue weighted by Gasteiger charge is -2.16. The fourth-order valence-corrected chi connectivity index (χ4v) is 2.84. The SMILES string of the molecule is FC(F)(F)CC1CCN(CCc2cscn2)C1. The van der Waals surface area contributed by atoms with E-state index < -0.39 is 12.6 Å². The molecule has 6 heteroatoms. The maximum absolute atomic E-state index is 12.2. The molecule has 1 aliphatic rings. The molecule has 0 spiro atoms.